The number of benzene rings is 1. The topological polar surface area (TPSA) is 147 Å². The fourth-order valence-corrected chi connectivity index (χ4v) is 4.43. The fourth-order valence-electron chi connectivity index (χ4n) is 3.99. The Labute approximate surface area is 215 Å². The summed E-state index contributed by atoms with van der Waals surface area (Å²) in [4.78, 5) is 15.8. The molecule has 200 valence electrons. The maximum absolute atomic E-state index is 15.3. The second-order valence-electron chi connectivity index (χ2n) is 9.60. The number of aromatic nitrogens is 3. The first-order valence-corrected chi connectivity index (χ1v) is 13.0. The number of rotatable bonds is 11. The Kier molecular flexibility index (Phi) is 8.35. The first-order chi connectivity index (χ1) is 17.2. The zero-order chi connectivity index (χ0) is 27.5. The molecule has 3 N–H and O–H groups in total. The molecule has 37 heavy (non-hydrogen) atoms. The molecule has 0 saturated heterocycles. The van der Waals surface area contributed by atoms with Gasteiger partial charge in [-0.25, -0.2) is 22.9 Å². The number of pyridine rings is 1. The standard InChI is InChI=1S/C25H31FN4O6S/c1-15(2)23-20(10-22(31)32)19(8-17(13-35-5)24(23)26)16-6-7-28-21(9-16)36-14-25(3,4)30-12-18(11-29-30)37(27,33)34/h6-9,11-12,15H,10,13-14H2,1-5H3,(H,31,32)(H2,27,33,34). The van der Waals surface area contributed by atoms with Gasteiger partial charge < -0.3 is 14.6 Å². The zero-order valence-corrected chi connectivity index (χ0v) is 22.2. The van der Waals surface area contributed by atoms with E-state index in [0.717, 1.165) is 0 Å². The van der Waals surface area contributed by atoms with Crippen molar-refractivity contribution < 1.29 is 32.2 Å². The highest BCUT2D eigenvalue weighted by Gasteiger charge is 2.26. The van der Waals surface area contributed by atoms with Gasteiger partial charge in [-0.1, -0.05) is 13.8 Å². The van der Waals surface area contributed by atoms with Gasteiger partial charge in [-0.15, -0.1) is 0 Å². The number of primary sulfonamides is 1. The highest BCUT2D eigenvalue weighted by molar-refractivity contribution is 7.89. The van der Waals surface area contributed by atoms with Crippen molar-refractivity contribution in [3.8, 4) is 17.0 Å². The van der Waals surface area contributed by atoms with Gasteiger partial charge in [0.25, 0.3) is 0 Å². The number of hydrogen-bond donors (Lipinski definition) is 2. The van der Waals surface area contributed by atoms with Crippen LogP contribution in [0.5, 0.6) is 5.88 Å². The van der Waals surface area contributed by atoms with Gasteiger partial charge in [0.15, 0.2) is 0 Å². The fraction of sp³-hybridized carbons (Fsp3) is 0.400. The molecule has 0 bridgehead atoms. The van der Waals surface area contributed by atoms with Crippen LogP contribution in [0.2, 0.25) is 0 Å². The molecule has 3 aromatic rings. The maximum Gasteiger partial charge on any atom is 0.307 e. The van der Waals surface area contributed by atoms with Crippen LogP contribution >= 0.6 is 0 Å². The van der Waals surface area contributed by atoms with Crippen LogP contribution in [0.3, 0.4) is 0 Å². The Bertz CT molecular complexity index is 1400. The Balaban J connectivity index is 1.99. The summed E-state index contributed by atoms with van der Waals surface area (Å²) in [6.45, 7) is 7.32. The lowest BCUT2D eigenvalue weighted by atomic mass is 9.86. The summed E-state index contributed by atoms with van der Waals surface area (Å²) in [5.74, 6) is -1.57. The minimum atomic E-state index is -3.89. The Morgan fingerprint density at radius 2 is 2.00 bits per heavy atom. The van der Waals surface area contributed by atoms with Crippen molar-refractivity contribution in [3.05, 3.63) is 59.3 Å². The monoisotopic (exact) mass is 534 g/mol. The average Bonchev–Trinajstić information content (AvgIpc) is 3.31. The minimum Gasteiger partial charge on any atom is -0.481 e. The maximum atomic E-state index is 15.3. The summed E-state index contributed by atoms with van der Waals surface area (Å²) in [6, 6.07) is 4.95. The van der Waals surface area contributed by atoms with Gasteiger partial charge >= 0.3 is 5.97 Å². The number of carboxylic acid groups (broad SMARTS) is 1. The number of methoxy groups -OCH3 is 1. The third-order valence-electron chi connectivity index (χ3n) is 5.82. The summed E-state index contributed by atoms with van der Waals surface area (Å²) in [7, 11) is -2.43. The zero-order valence-electron chi connectivity index (χ0n) is 21.4. The molecule has 0 saturated carbocycles. The molecular weight excluding hydrogens is 503 g/mol. The van der Waals surface area contributed by atoms with E-state index in [9.17, 15) is 18.3 Å². The molecule has 0 amide bonds. The van der Waals surface area contributed by atoms with Crippen LogP contribution in [-0.2, 0) is 38.1 Å². The third kappa shape index (κ3) is 6.51. The van der Waals surface area contributed by atoms with Crippen molar-refractivity contribution in [1.82, 2.24) is 14.8 Å². The van der Waals surface area contributed by atoms with Crippen molar-refractivity contribution in [2.24, 2.45) is 5.14 Å². The van der Waals surface area contributed by atoms with E-state index in [1.807, 2.05) is 13.8 Å². The molecule has 2 heterocycles. The third-order valence-corrected chi connectivity index (χ3v) is 6.69. The molecule has 2 aromatic heterocycles. The van der Waals surface area contributed by atoms with E-state index in [1.54, 1.807) is 32.0 Å². The molecule has 1 aromatic carbocycles. The Morgan fingerprint density at radius 3 is 2.57 bits per heavy atom. The van der Waals surface area contributed by atoms with Crippen molar-refractivity contribution >= 4 is 16.0 Å². The largest absolute Gasteiger partial charge is 0.481 e. The molecule has 0 atom stereocenters. The second-order valence-corrected chi connectivity index (χ2v) is 11.2. The van der Waals surface area contributed by atoms with Crippen LogP contribution in [-0.4, -0.2) is 48.0 Å². The number of nitrogens with two attached hydrogens (primary N) is 1. The van der Waals surface area contributed by atoms with Gasteiger partial charge in [0.2, 0.25) is 15.9 Å². The van der Waals surface area contributed by atoms with Crippen molar-refractivity contribution in [2.75, 3.05) is 13.7 Å². The van der Waals surface area contributed by atoms with Crippen LogP contribution in [0.15, 0.2) is 41.7 Å². The van der Waals surface area contributed by atoms with Crippen LogP contribution in [0, 0.1) is 5.82 Å². The lowest BCUT2D eigenvalue weighted by molar-refractivity contribution is -0.136. The Morgan fingerprint density at radius 1 is 1.30 bits per heavy atom. The van der Waals surface area contributed by atoms with Crippen LogP contribution in [0.4, 0.5) is 4.39 Å². The average molecular weight is 535 g/mol. The normalized spacial score (nSPS) is 12.2. The first kappa shape index (κ1) is 28.2. The summed E-state index contributed by atoms with van der Waals surface area (Å²) in [5, 5.41) is 18.8. The van der Waals surface area contributed by atoms with Crippen molar-refractivity contribution in [1.29, 1.82) is 0 Å². The molecule has 0 aliphatic heterocycles. The summed E-state index contributed by atoms with van der Waals surface area (Å²) in [6.07, 6.45) is 3.65. The molecule has 3 rings (SSSR count). The molecule has 0 aliphatic rings. The molecule has 10 nitrogen and oxygen atoms in total. The quantitative estimate of drug-likeness (QED) is 0.380. The van der Waals surface area contributed by atoms with Gasteiger partial charge in [0.05, 0.1) is 24.8 Å². The van der Waals surface area contributed by atoms with Gasteiger partial charge in [-0.3, -0.25) is 9.48 Å². The molecule has 0 aliphatic carbocycles. The number of carbonyl (C=O) groups is 1. The minimum absolute atomic E-state index is 0.0267. The molecule has 12 heteroatoms. The smallest absolute Gasteiger partial charge is 0.307 e. The van der Waals surface area contributed by atoms with E-state index in [-0.39, 0.29) is 36.3 Å². The number of nitrogens with zero attached hydrogens (tertiary/aromatic N) is 3. The Hall–Kier alpha value is -3.35. The molecular formula is C25H31FN4O6S. The highest BCUT2D eigenvalue weighted by Crippen LogP contribution is 2.36. The molecule has 0 fully saturated rings. The molecule has 0 unspecified atom stereocenters. The van der Waals surface area contributed by atoms with Gasteiger partial charge in [-0.05, 0) is 54.2 Å². The van der Waals surface area contributed by atoms with E-state index < -0.39 is 27.3 Å². The van der Waals surface area contributed by atoms with Gasteiger partial charge in [-0.2, -0.15) is 5.10 Å². The van der Waals surface area contributed by atoms with Crippen molar-refractivity contribution in [2.45, 2.75) is 57.1 Å². The predicted octanol–water partition coefficient (Wildman–Crippen LogP) is 3.44. The van der Waals surface area contributed by atoms with Gasteiger partial charge in [0, 0.05) is 31.1 Å². The van der Waals surface area contributed by atoms with E-state index in [0.29, 0.717) is 27.8 Å². The number of halogens is 1. The molecule has 0 spiro atoms. The summed E-state index contributed by atoms with van der Waals surface area (Å²) < 4.78 is 51.0. The van der Waals surface area contributed by atoms with Crippen molar-refractivity contribution in [3.63, 3.8) is 0 Å². The first-order valence-electron chi connectivity index (χ1n) is 11.5. The number of sulfonamides is 1. The van der Waals surface area contributed by atoms with Gasteiger partial charge in [0.1, 0.15) is 17.3 Å². The second kappa shape index (κ2) is 11.0. The number of carboxylic acids is 1. The van der Waals surface area contributed by atoms with E-state index >= 15 is 4.39 Å². The number of hydrogen-bond acceptors (Lipinski definition) is 7. The summed E-state index contributed by atoms with van der Waals surface area (Å²) >= 11 is 0. The van der Waals surface area contributed by atoms with E-state index in [1.165, 1.54) is 30.4 Å². The lowest BCUT2D eigenvalue weighted by Gasteiger charge is -2.25. The predicted molar refractivity (Wildman–Crippen MR) is 134 cm³/mol. The van der Waals surface area contributed by atoms with E-state index in [2.05, 4.69) is 10.1 Å². The number of ether oxygens (including phenoxy) is 2. The highest BCUT2D eigenvalue weighted by atomic mass is 32.2. The van der Waals surface area contributed by atoms with Crippen LogP contribution in [0.1, 0.15) is 50.3 Å². The number of aliphatic carboxylic acids is 1. The van der Waals surface area contributed by atoms with Crippen LogP contribution < -0.4 is 9.88 Å². The van der Waals surface area contributed by atoms with E-state index in [4.69, 9.17) is 14.6 Å². The SMILES string of the molecule is COCc1cc(-c2ccnc(OCC(C)(C)n3cc(S(N)(=O)=O)cn3)c2)c(CC(=O)O)c(C(C)C)c1F. The lowest BCUT2D eigenvalue weighted by Crippen LogP contribution is -2.34. The summed E-state index contributed by atoms with van der Waals surface area (Å²) in [5.41, 5.74) is 1.42. The molecule has 0 radical (unpaired) electrons. The van der Waals surface area contributed by atoms with Crippen LogP contribution in [0.25, 0.3) is 11.1 Å².